The highest BCUT2D eigenvalue weighted by molar-refractivity contribution is 7.89. The van der Waals surface area contributed by atoms with E-state index < -0.39 is 27.9 Å². The second-order valence-corrected chi connectivity index (χ2v) is 9.55. The molecule has 0 radical (unpaired) electrons. The molecule has 2 unspecified atom stereocenters. The number of rotatable bonds is 6. The van der Waals surface area contributed by atoms with Crippen LogP contribution in [0.15, 0.2) is 35.4 Å². The number of hydrogen-bond donors (Lipinski definition) is 1. The molecule has 1 amide bonds. The van der Waals surface area contributed by atoms with E-state index in [4.69, 9.17) is 4.74 Å². The summed E-state index contributed by atoms with van der Waals surface area (Å²) in [5, 5.41) is 10.3. The topological polar surface area (TPSA) is 108 Å². The van der Waals surface area contributed by atoms with Gasteiger partial charge >= 0.3 is 0 Å². The van der Waals surface area contributed by atoms with E-state index in [9.17, 15) is 17.6 Å². The minimum Gasteiger partial charge on any atom is -0.384 e. The van der Waals surface area contributed by atoms with E-state index in [2.05, 4.69) is 15.4 Å². The van der Waals surface area contributed by atoms with Gasteiger partial charge in [-0.15, -0.1) is 0 Å². The van der Waals surface area contributed by atoms with Crippen molar-refractivity contribution < 1.29 is 22.3 Å². The number of sulfonamides is 1. The van der Waals surface area contributed by atoms with Crippen molar-refractivity contribution in [2.75, 3.05) is 20.3 Å². The SMILES string of the molecule is COC[C@H]1CN(Cc2cn[nH]n2)C(=O)C2CCCC1N2S(=O)(=O)c1cccc(F)c1. The highest BCUT2D eigenvalue weighted by Gasteiger charge is 2.50. The van der Waals surface area contributed by atoms with Crippen LogP contribution in [0.25, 0.3) is 0 Å². The number of hydrogen-bond acceptors (Lipinski definition) is 6. The molecule has 0 spiro atoms. The number of methoxy groups -OCH3 is 1. The number of carbonyl (C=O) groups excluding carboxylic acids is 1. The van der Waals surface area contributed by atoms with Crippen LogP contribution in [0.5, 0.6) is 0 Å². The van der Waals surface area contributed by atoms with Gasteiger partial charge in [-0.05, 0) is 37.5 Å². The van der Waals surface area contributed by atoms with Gasteiger partial charge in [-0.25, -0.2) is 12.8 Å². The Morgan fingerprint density at radius 3 is 2.87 bits per heavy atom. The Balaban J connectivity index is 1.75. The highest BCUT2D eigenvalue weighted by Crippen LogP contribution is 2.37. The molecule has 9 nitrogen and oxygen atoms in total. The summed E-state index contributed by atoms with van der Waals surface area (Å²) in [6.07, 6.45) is 3.30. The number of nitrogens with zero attached hydrogens (tertiary/aromatic N) is 4. The third kappa shape index (κ3) is 3.84. The lowest BCUT2D eigenvalue weighted by Crippen LogP contribution is -2.55. The van der Waals surface area contributed by atoms with Crippen molar-refractivity contribution in [1.29, 1.82) is 0 Å². The lowest BCUT2D eigenvalue weighted by Gasteiger charge is -2.40. The number of aromatic nitrogens is 3. The third-order valence-electron chi connectivity index (χ3n) is 5.78. The first-order valence-corrected chi connectivity index (χ1v) is 11.3. The Bertz CT molecular complexity index is 1000. The first-order valence-electron chi connectivity index (χ1n) is 9.83. The predicted octanol–water partition coefficient (Wildman–Crippen LogP) is 1.16. The van der Waals surface area contributed by atoms with Gasteiger partial charge in [-0.2, -0.15) is 19.7 Å². The average Bonchev–Trinajstić information content (AvgIpc) is 3.22. The molecule has 162 valence electrons. The summed E-state index contributed by atoms with van der Waals surface area (Å²) >= 11 is 0. The quantitative estimate of drug-likeness (QED) is 0.727. The van der Waals surface area contributed by atoms with Crippen molar-refractivity contribution in [3.05, 3.63) is 42.0 Å². The van der Waals surface area contributed by atoms with Crippen molar-refractivity contribution in [3.8, 4) is 0 Å². The van der Waals surface area contributed by atoms with Crippen molar-refractivity contribution in [2.45, 2.75) is 42.8 Å². The molecule has 2 aliphatic rings. The zero-order valence-electron chi connectivity index (χ0n) is 16.6. The zero-order chi connectivity index (χ0) is 21.3. The number of aromatic amines is 1. The first-order chi connectivity index (χ1) is 14.4. The summed E-state index contributed by atoms with van der Waals surface area (Å²) in [5.74, 6) is -1.13. The molecule has 3 heterocycles. The van der Waals surface area contributed by atoms with Gasteiger partial charge in [0.05, 0.1) is 24.2 Å². The fourth-order valence-electron chi connectivity index (χ4n) is 4.50. The molecule has 2 aromatic rings. The number of H-pyrrole nitrogens is 1. The molecule has 2 saturated heterocycles. The lowest BCUT2D eigenvalue weighted by atomic mass is 9.91. The van der Waals surface area contributed by atoms with Crippen LogP contribution in [-0.2, 0) is 26.1 Å². The van der Waals surface area contributed by atoms with Gasteiger partial charge in [0.2, 0.25) is 15.9 Å². The molecule has 0 aliphatic carbocycles. The molecule has 2 aliphatic heterocycles. The maximum absolute atomic E-state index is 13.8. The van der Waals surface area contributed by atoms with Crippen LogP contribution in [0.3, 0.4) is 0 Å². The summed E-state index contributed by atoms with van der Waals surface area (Å²) in [4.78, 5) is 14.9. The van der Waals surface area contributed by atoms with Crippen LogP contribution in [-0.4, -0.2) is 71.3 Å². The fraction of sp³-hybridized carbons (Fsp3) is 0.526. The van der Waals surface area contributed by atoms with Crippen LogP contribution < -0.4 is 0 Å². The molecule has 2 fully saturated rings. The number of halogens is 1. The van der Waals surface area contributed by atoms with E-state index in [1.165, 1.54) is 28.7 Å². The summed E-state index contributed by atoms with van der Waals surface area (Å²) in [6, 6.07) is 3.66. The van der Waals surface area contributed by atoms with Crippen molar-refractivity contribution >= 4 is 15.9 Å². The molecule has 1 aromatic carbocycles. The number of carbonyl (C=O) groups is 1. The summed E-state index contributed by atoms with van der Waals surface area (Å²) in [5.41, 5.74) is 0.593. The molecular weight excluding hydrogens is 413 g/mol. The Hall–Kier alpha value is -2.37. The highest BCUT2D eigenvalue weighted by atomic mass is 32.2. The van der Waals surface area contributed by atoms with Gasteiger partial charge in [-0.3, -0.25) is 4.79 Å². The lowest BCUT2D eigenvalue weighted by molar-refractivity contribution is -0.135. The minimum atomic E-state index is -4.08. The Morgan fingerprint density at radius 1 is 1.33 bits per heavy atom. The van der Waals surface area contributed by atoms with E-state index in [0.717, 1.165) is 12.5 Å². The van der Waals surface area contributed by atoms with Crippen molar-refractivity contribution in [1.82, 2.24) is 24.6 Å². The van der Waals surface area contributed by atoms with Crippen LogP contribution in [0, 0.1) is 11.7 Å². The molecule has 1 aromatic heterocycles. The van der Waals surface area contributed by atoms with Gasteiger partial charge in [0.25, 0.3) is 0 Å². The molecular formula is C19H24FN5O4S. The average molecular weight is 437 g/mol. The Labute approximate surface area is 174 Å². The maximum Gasteiger partial charge on any atom is 0.244 e. The Kier molecular flexibility index (Phi) is 5.85. The standard InChI is InChI=1S/C19H24FN5O4S/c1-29-12-13-10-24(11-15-9-21-23-22-15)19(26)18-7-3-6-17(13)25(18)30(27,28)16-5-2-4-14(20)8-16/h2,4-5,8-9,13,17-18H,3,6-7,10-12H2,1H3,(H,21,22,23)/t13-,17?,18?/m1/s1. The number of benzene rings is 1. The number of amides is 1. The largest absolute Gasteiger partial charge is 0.384 e. The Morgan fingerprint density at radius 2 is 2.17 bits per heavy atom. The zero-order valence-corrected chi connectivity index (χ0v) is 17.4. The minimum absolute atomic E-state index is 0.145. The van der Waals surface area contributed by atoms with Crippen LogP contribution in [0.2, 0.25) is 0 Å². The van der Waals surface area contributed by atoms with Gasteiger partial charge < -0.3 is 9.64 Å². The maximum atomic E-state index is 13.8. The molecule has 4 rings (SSSR count). The van der Waals surface area contributed by atoms with Crippen molar-refractivity contribution in [3.63, 3.8) is 0 Å². The van der Waals surface area contributed by atoms with E-state index in [-0.39, 0.29) is 23.3 Å². The smallest absolute Gasteiger partial charge is 0.244 e. The molecule has 3 atom stereocenters. The predicted molar refractivity (Wildman–Crippen MR) is 104 cm³/mol. The van der Waals surface area contributed by atoms with Gasteiger partial charge in [0.1, 0.15) is 17.6 Å². The van der Waals surface area contributed by atoms with E-state index in [1.807, 2.05) is 0 Å². The van der Waals surface area contributed by atoms with Crippen LogP contribution in [0.1, 0.15) is 25.0 Å². The van der Waals surface area contributed by atoms with Gasteiger partial charge in [0, 0.05) is 25.6 Å². The summed E-state index contributed by atoms with van der Waals surface area (Å²) < 4.78 is 47.6. The first kappa shape index (κ1) is 20.9. The van der Waals surface area contributed by atoms with Gasteiger partial charge in [0.15, 0.2) is 0 Å². The van der Waals surface area contributed by atoms with Crippen LogP contribution >= 0.6 is 0 Å². The molecule has 11 heteroatoms. The molecule has 0 saturated carbocycles. The second kappa shape index (κ2) is 8.40. The molecule has 30 heavy (non-hydrogen) atoms. The van der Waals surface area contributed by atoms with E-state index in [0.29, 0.717) is 31.7 Å². The van der Waals surface area contributed by atoms with E-state index in [1.54, 1.807) is 12.0 Å². The summed E-state index contributed by atoms with van der Waals surface area (Å²) in [7, 11) is -2.52. The molecule has 2 bridgehead atoms. The van der Waals surface area contributed by atoms with Crippen LogP contribution in [0.4, 0.5) is 4.39 Å². The van der Waals surface area contributed by atoms with Crippen molar-refractivity contribution in [2.24, 2.45) is 5.92 Å². The molecule has 1 N–H and O–H groups in total. The monoisotopic (exact) mass is 437 g/mol. The van der Waals surface area contributed by atoms with Gasteiger partial charge in [-0.1, -0.05) is 6.07 Å². The number of fused-ring (bicyclic) bond motifs is 2. The fourth-order valence-corrected chi connectivity index (χ4v) is 6.42. The normalized spacial score (nSPS) is 25.3. The number of piperidine rings is 1. The summed E-state index contributed by atoms with van der Waals surface area (Å²) in [6.45, 7) is 0.873. The third-order valence-corrected chi connectivity index (χ3v) is 7.71. The number of ether oxygens (including phenoxy) is 1. The second-order valence-electron chi connectivity index (χ2n) is 7.70. The van der Waals surface area contributed by atoms with E-state index >= 15 is 0 Å². The number of nitrogens with one attached hydrogen (secondary N) is 1.